The second-order valence-corrected chi connectivity index (χ2v) is 6.02. The molecular weight excluding hydrogens is 345 g/mol. The lowest BCUT2D eigenvalue weighted by molar-refractivity contribution is -0.137. The highest BCUT2D eigenvalue weighted by Crippen LogP contribution is 2.21. The third-order valence-electron chi connectivity index (χ3n) is 2.87. The van der Waals surface area contributed by atoms with E-state index in [2.05, 4.69) is 21.2 Å². The van der Waals surface area contributed by atoms with Crippen LogP contribution >= 0.6 is 27.3 Å². The molecule has 0 fully saturated rings. The molecule has 20 heavy (non-hydrogen) atoms. The average molecular weight is 358 g/mol. The summed E-state index contributed by atoms with van der Waals surface area (Å²) in [5.41, 5.74) is 1.41. The molecule has 0 saturated heterocycles. The first-order valence-electron chi connectivity index (χ1n) is 5.97. The van der Waals surface area contributed by atoms with Crippen LogP contribution in [0.25, 0.3) is 0 Å². The van der Waals surface area contributed by atoms with Gasteiger partial charge >= 0.3 is 5.97 Å². The number of carboxylic acid groups (broad SMARTS) is 1. The molecule has 2 aromatic rings. The summed E-state index contributed by atoms with van der Waals surface area (Å²) in [6.07, 6.45) is -0.0354. The van der Waals surface area contributed by atoms with Gasteiger partial charge in [0.2, 0.25) is 0 Å². The number of nitrogens with one attached hydrogen (secondary N) is 1. The number of rotatable bonds is 6. The van der Waals surface area contributed by atoms with Gasteiger partial charge in [-0.2, -0.15) is 11.3 Å². The summed E-state index contributed by atoms with van der Waals surface area (Å²) in [4.78, 5) is 10.9. The fourth-order valence-electron chi connectivity index (χ4n) is 1.87. The number of carbonyl (C=O) groups is 1. The van der Waals surface area contributed by atoms with Gasteiger partial charge in [0.05, 0.1) is 6.42 Å². The Balaban J connectivity index is 2.08. The third kappa shape index (κ3) is 4.13. The van der Waals surface area contributed by atoms with Crippen molar-refractivity contribution in [2.75, 3.05) is 0 Å². The van der Waals surface area contributed by atoms with E-state index in [1.807, 2.05) is 16.8 Å². The van der Waals surface area contributed by atoms with Crippen LogP contribution in [0.3, 0.4) is 0 Å². The Morgan fingerprint density at radius 1 is 1.45 bits per heavy atom. The van der Waals surface area contributed by atoms with E-state index in [1.54, 1.807) is 12.1 Å². The number of carboxylic acids is 1. The van der Waals surface area contributed by atoms with E-state index in [1.165, 1.54) is 17.4 Å². The summed E-state index contributed by atoms with van der Waals surface area (Å²) in [6.45, 7) is 0.277. The van der Waals surface area contributed by atoms with Crippen molar-refractivity contribution in [1.29, 1.82) is 0 Å². The van der Waals surface area contributed by atoms with Crippen LogP contribution in [-0.2, 0) is 11.3 Å². The topological polar surface area (TPSA) is 49.3 Å². The van der Waals surface area contributed by atoms with Crippen molar-refractivity contribution in [1.82, 2.24) is 5.32 Å². The summed E-state index contributed by atoms with van der Waals surface area (Å²) >= 11 is 4.80. The van der Waals surface area contributed by atoms with Crippen LogP contribution in [0.4, 0.5) is 4.39 Å². The van der Waals surface area contributed by atoms with Gasteiger partial charge in [-0.1, -0.05) is 15.9 Å². The van der Waals surface area contributed by atoms with Crippen LogP contribution in [-0.4, -0.2) is 11.1 Å². The van der Waals surface area contributed by atoms with Gasteiger partial charge < -0.3 is 10.4 Å². The van der Waals surface area contributed by atoms with Gasteiger partial charge in [-0.15, -0.1) is 0 Å². The summed E-state index contributed by atoms with van der Waals surface area (Å²) in [5, 5.41) is 15.9. The van der Waals surface area contributed by atoms with E-state index >= 15 is 0 Å². The number of hydrogen-bond acceptors (Lipinski definition) is 3. The van der Waals surface area contributed by atoms with Gasteiger partial charge in [-0.05, 0) is 40.6 Å². The third-order valence-corrected chi connectivity index (χ3v) is 4.07. The van der Waals surface area contributed by atoms with Crippen LogP contribution < -0.4 is 5.32 Å². The quantitative estimate of drug-likeness (QED) is 0.822. The highest BCUT2D eigenvalue weighted by molar-refractivity contribution is 9.10. The number of hydrogen-bond donors (Lipinski definition) is 2. The Morgan fingerprint density at radius 3 is 2.90 bits per heavy atom. The highest BCUT2D eigenvalue weighted by atomic mass is 79.9. The summed E-state index contributed by atoms with van der Waals surface area (Å²) in [5.74, 6) is -1.19. The molecule has 0 amide bonds. The molecule has 2 N–H and O–H groups in total. The number of thiophene rings is 1. The van der Waals surface area contributed by atoms with Crippen molar-refractivity contribution in [2.45, 2.75) is 19.0 Å². The number of benzene rings is 1. The first-order chi connectivity index (χ1) is 9.56. The highest BCUT2D eigenvalue weighted by Gasteiger charge is 2.16. The minimum absolute atomic E-state index is 0.0354. The molecule has 1 aromatic heterocycles. The van der Waals surface area contributed by atoms with Crippen LogP contribution in [0.2, 0.25) is 0 Å². The number of halogens is 2. The lowest BCUT2D eigenvalue weighted by Crippen LogP contribution is -2.23. The molecule has 0 spiro atoms. The fraction of sp³-hybridized carbons (Fsp3) is 0.214. The largest absolute Gasteiger partial charge is 0.481 e. The molecule has 0 saturated carbocycles. The Hall–Kier alpha value is -1.24. The lowest BCUT2D eigenvalue weighted by atomic mass is 10.1. The van der Waals surface area contributed by atoms with Crippen molar-refractivity contribution in [3.8, 4) is 0 Å². The summed E-state index contributed by atoms with van der Waals surface area (Å²) in [6, 6.07) is 6.26. The zero-order valence-corrected chi connectivity index (χ0v) is 12.9. The smallest absolute Gasteiger partial charge is 0.305 e. The average Bonchev–Trinajstić information content (AvgIpc) is 2.91. The monoisotopic (exact) mass is 357 g/mol. The predicted molar refractivity (Wildman–Crippen MR) is 80.3 cm³/mol. The second-order valence-electron chi connectivity index (χ2n) is 4.32. The van der Waals surface area contributed by atoms with Crippen LogP contribution in [0.15, 0.2) is 39.5 Å². The first kappa shape index (κ1) is 15.2. The van der Waals surface area contributed by atoms with Gasteiger partial charge in [-0.25, -0.2) is 4.39 Å². The minimum Gasteiger partial charge on any atom is -0.481 e. The SMILES string of the molecule is O=C(O)C[C@H](NCc1cc(Br)ccc1F)c1ccsc1. The molecule has 3 nitrogen and oxygen atoms in total. The van der Waals surface area contributed by atoms with E-state index in [4.69, 9.17) is 5.11 Å². The molecule has 1 atom stereocenters. The van der Waals surface area contributed by atoms with E-state index in [0.29, 0.717) is 5.56 Å². The Kier molecular flexibility index (Phi) is 5.28. The van der Waals surface area contributed by atoms with Crippen molar-refractivity contribution in [3.05, 3.63) is 56.4 Å². The van der Waals surface area contributed by atoms with Crippen LogP contribution in [0, 0.1) is 5.82 Å². The van der Waals surface area contributed by atoms with Gasteiger partial charge in [0, 0.05) is 22.6 Å². The van der Waals surface area contributed by atoms with E-state index in [-0.39, 0.29) is 24.8 Å². The van der Waals surface area contributed by atoms with E-state index in [9.17, 15) is 9.18 Å². The molecule has 106 valence electrons. The molecule has 0 aliphatic heterocycles. The van der Waals surface area contributed by atoms with Gasteiger partial charge in [0.15, 0.2) is 0 Å². The zero-order valence-electron chi connectivity index (χ0n) is 10.5. The molecule has 1 aromatic carbocycles. The first-order valence-corrected chi connectivity index (χ1v) is 7.71. The molecule has 2 rings (SSSR count). The number of aliphatic carboxylic acids is 1. The van der Waals surface area contributed by atoms with Crippen molar-refractivity contribution in [3.63, 3.8) is 0 Å². The van der Waals surface area contributed by atoms with Crippen molar-refractivity contribution < 1.29 is 14.3 Å². The molecule has 6 heteroatoms. The molecule has 0 aliphatic carbocycles. The van der Waals surface area contributed by atoms with E-state index in [0.717, 1.165) is 10.0 Å². The van der Waals surface area contributed by atoms with Gasteiger partial charge in [0.25, 0.3) is 0 Å². The molecule has 1 heterocycles. The fourth-order valence-corrected chi connectivity index (χ4v) is 2.99. The maximum Gasteiger partial charge on any atom is 0.305 e. The standard InChI is InChI=1S/C14H13BrFNO2S/c15-11-1-2-12(16)10(5-11)7-17-13(6-14(18)19)9-3-4-20-8-9/h1-5,8,13,17H,6-7H2,(H,18,19)/t13-/m0/s1. The predicted octanol–water partition coefficient (Wildman–Crippen LogP) is 3.96. The van der Waals surface area contributed by atoms with Crippen molar-refractivity contribution in [2.24, 2.45) is 0 Å². The Bertz CT molecular complexity index is 589. The Labute approximate surface area is 128 Å². The summed E-state index contributed by atoms with van der Waals surface area (Å²) < 4.78 is 14.4. The zero-order chi connectivity index (χ0) is 14.5. The van der Waals surface area contributed by atoms with Crippen LogP contribution in [0.5, 0.6) is 0 Å². The van der Waals surface area contributed by atoms with Crippen molar-refractivity contribution >= 4 is 33.2 Å². The maximum atomic E-state index is 13.6. The Morgan fingerprint density at radius 2 is 2.25 bits per heavy atom. The molecule has 0 aliphatic rings. The lowest BCUT2D eigenvalue weighted by Gasteiger charge is -2.16. The van der Waals surface area contributed by atoms with E-state index < -0.39 is 5.97 Å². The maximum absolute atomic E-state index is 13.6. The summed E-state index contributed by atoms with van der Waals surface area (Å²) in [7, 11) is 0. The van der Waals surface area contributed by atoms with Gasteiger partial charge in [0.1, 0.15) is 5.82 Å². The molecule has 0 bridgehead atoms. The normalized spacial score (nSPS) is 12.3. The molecule has 0 radical (unpaired) electrons. The minimum atomic E-state index is -0.886. The van der Waals surface area contributed by atoms with Crippen LogP contribution in [0.1, 0.15) is 23.6 Å². The molecular formula is C14H13BrFNO2S. The van der Waals surface area contributed by atoms with Gasteiger partial charge in [-0.3, -0.25) is 4.79 Å². The molecule has 0 unspecified atom stereocenters. The second kappa shape index (κ2) is 6.97.